The number of pyridine rings is 1. The number of benzene rings is 1. The van der Waals surface area contributed by atoms with Gasteiger partial charge in [-0.25, -0.2) is 4.98 Å². The highest BCUT2D eigenvalue weighted by Gasteiger charge is 2.12. The normalized spacial score (nSPS) is 14.6. The molecule has 146 valence electrons. The monoisotopic (exact) mass is 378 g/mol. The Morgan fingerprint density at radius 2 is 1.89 bits per heavy atom. The van der Waals surface area contributed by atoms with E-state index in [9.17, 15) is 4.79 Å². The van der Waals surface area contributed by atoms with E-state index in [1.165, 1.54) is 25.9 Å². The lowest BCUT2D eigenvalue weighted by Gasteiger charge is -2.15. The number of ether oxygens (including phenoxy) is 1. The third-order valence-corrected chi connectivity index (χ3v) is 5.24. The molecule has 0 spiro atoms. The van der Waals surface area contributed by atoms with Crippen LogP contribution in [0.5, 0.6) is 5.75 Å². The SMILES string of the molecule is CCc1nc2cnccc2c(=O)n1-c1ccc(OCCCN2CCCC2)cc1. The molecule has 1 aliphatic rings. The summed E-state index contributed by atoms with van der Waals surface area (Å²) in [6, 6.07) is 9.41. The summed E-state index contributed by atoms with van der Waals surface area (Å²) in [6.45, 7) is 6.25. The molecule has 28 heavy (non-hydrogen) atoms. The van der Waals surface area contributed by atoms with Crippen LogP contribution in [0.3, 0.4) is 0 Å². The molecule has 0 unspecified atom stereocenters. The number of rotatable bonds is 7. The first-order valence-electron chi connectivity index (χ1n) is 10.1. The Bertz CT molecular complexity index is 992. The van der Waals surface area contributed by atoms with Crippen LogP contribution in [0.1, 0.15) is 32.0 Å². The van der Waals surface area contributed by atoms with Crippen LogP contribution in [0, 0.1) is 0 Å². The van der Waals surface area contributed by atoms with E-state index >= 15 is 0 Å². The summed E-state index contributed by atoms with van der Waals surface area (Å²) >= 11 is 0. The van der Waals surface area contributed by atoms with Crippen LogP contribution < -0.4 is 10.3 Å². The number of nitrogens with zero attached hydrogens (tertiary/aromatic N) is 4. The summed E-state index contributed by atoms with van der Waals surface area (Å²) in [5.74, 6) is 1.55. The van der Waals surface area contributed by atoms with Gasteiger partial charge in [0.05, 0.1) is 29.4 Å². The topological polar surface area (TPSA) is 60.3 Å². The van der Waals surface area contributed by atoms with Crippen molar-refractivity contribution in [2.24, 2.45) is 0 Å². The van der Waals surface area contributed by atoms with Gasteiger partial charge in [0.25, 0.3) is 5.56 Å². The van der Waals surface area contributed by atoms with Crippen LogP contribution in [0.2, 0.25) is 0 Å². The minimum absolute atomic E-state index is 0.0662. The predicted molar refractivity (Wildman–Crippen MR) is 110 cm³/mol. The first-order valence-corrected chi connectivity index (χ1v) is 10.1. The van der Waals surface area contributed by atoms with Gasteiger partial charge in [-0.3, -0.25) is 14.3 Å². The molecule has 6 nitrogen and oxygen atoms in total. The lowest BCUT2D eigenvalue weighted by atomic mass is 10.2. The van der Waals surface area contributed by atoms with Gasteiger partial charge < -0.3 is 9.64 Å². The van der Waals surface area contributed by atoms with Crippen molar-refractivity contribution in [3.05, 3.63) is 58.9 Å². The number of hydrogen-bond donors (Lipinski definition) is 0. The summed E-state index contributed by atoms with van der Waals surface area (Å²) in [5, 5.41) is 0.578. The van der Waals surface area contributed by atoms with Gasteiger partial charge in [-0.1, -0.05) is 6.92 Å². The molecule has 0 amide bonds. The van der Waals surface area contributed by atoms with Gasteiger partial charge in [-0.15, -0.1) is 0 Å². The third-order valence-electron chi connectivity index (χ3n) is 5.24. The van der Waals surface area contributed by atoms with Crippen molar-refractivity contribution in [1.82, 2.24) is 19.4 Å². The zero-order valence-electron chi connectivity index (χ0n) is 16.3. The van der Waals surface area contributed by atoms with Crippen molar-refractivity contribution in [3.8, 4) is 11.4 Å². The van der Waals surface area contributed by atoms with Gasteiger partial charge in [0.15, 0.2) is 0 Å². The van der Waals surface area contributed by atoms with E-state index in [2.05, 4.69) is 14.9 Å². The van der Waals surface area contributed by atoms with Gasteiger partial charge in [0.1, 0.15) is 11.6 Å². The van der Waals surface area contributed by atoms with E-state index in [1.807, 2.05) is 31.2 Å². The molecule has 1 saturated heterocycles. The van der Waals surface area contributed by atoms with Crippen molar-refractivity contribution in [2.45, 2.75) is 32.6 Å². The highest BCUT2D eigenvalue weighted by atomic mass is 16.5. The largest absolute Gasteiger partial charge is 0.494 e. The fraction of sp³-hybridized carbons (Fsp3) is 0.409. The number of aromatic nitrogens is 3. The third kappa shape index (κ3) is 3.92. The zero-order valence-corrected chi connectivity index (χ0v) is 16.3. The van der Waals surface area contributed by atoms with Gasteiger partial charge >= 0.3 is 0 Å². The molecule has 0 bridgehead atoms. The molecule has 0 N–H and O–H groups in total. The Labute approximate surface area is 164 Å². The molecule has 3 aromatic rings. The lowest BCUT2D eigenvalue weighted by Crippen LogP contribution is -2.23. The molecule has 1 fully saturated rings. The quantitative estimate of drug-likeness (QED) is 0.591. The van der Waals surface area contributed by atoms with Crippen molar-refractivity contribution in [2.75, 3.05) is 26.2 Å². The maximum Gasteiger partial charge on any atom is 0.266 e. The Kier molecular flexibility index (Phi) is 5.67. The summed E-state index contributed by atoms with van der Waals surface area (Å²) in [4.78, 5) is 24.2. The van der Waals surface area contributed by atoms with Crippen LogP contribution in [0.4, 0.5) is 0 Å². The van der Waals surface area contributed by atoms with Gasteiger partial charge in [-0.05, 0) is 62.7 Å². The Morgan fingerprint density at radius 3 is 2.64 bits per heavy atom. The van der Waals surface area contributed by atoms with E-state index in [-0.39, 0.29) is 5.56 Å². The molecule has 3 heterocycles. The molecule has 4 rings (SSSR count). The molecular formula is C22H26N4O2. The van der Waals surface area contributed by atoms with Crippen LogP contribution >= 0.6 is 0 Å². The minimum atomic E-state index is -0.0662. The highest BCUT2D eigenvalue weighted by Crippen LogP contribution is 2.17. The summed E-state index contributed by atoms with van der Waals surface area (Å²) < 4.78 is 7.56. The van der Waals surface area contributed by atoms with E-state index < -0.39 is 0 Å². The molecule has 0 aliphatic carbocycles. The number of aryl methyl sites for hydroxylation is 1. The molecule has 0 atom stereocenters. The number of likely N-dealkylation sites (tertiary alicyclic amines) is 1. The number of fused-ring (bicyclic) bond motifs is 1. The molecular weight excluding hydrogens is 352 g/mol. The van der Waals surface area contributed by atoms with Gasteiger partial charge in [0.2, 0.25) is 0 Å². The maximum atomic E-state index is 13.0. The van der Waals surface area contributed by atoms with Crippen LogP contribution in [0.15, 0.2) is 47.5 Å². The Morgan fingerprint density at radius 1 is 1.11 bits per heavy atom. The fourth-order valence-corrected chi connectivity index (χ4v) is 3.76. The van der Waals surface area contributed by atoms with Crippen molar-refractivity contribution in [3.63, 3.8) is 0 Å². The average Bonchev–Trinajstić information content (AvgIpc) is 3.25. The molecule has 1 aliphatic heterocycles. The smallest absolute Gasteiger partial charge is 0.266 e. The van der Waals surface area contributed by atoms with E-state index in [1.54, 1.807) is 23.0 Å². The molecule has 0 saturated carbocycles. The van der Waals surface area contributed by atoms with E-state index in [4.69, 9.17) is 4.74 Å². The molecule has 1 aromatic carbocycles. The predicted octanol–water partition coefficient (Wildman–Crippen LogP) is 3.21. The lowest BCUT2D eigenvalue weighted by molar-refractivity contribution is 0.263. The average molecular weight is 378 g/mol. The van der Waals surface area contributed by atoms with Gasteiger partial charge in [-0.2, -0.15) is 0 Å². The van der Waals surface area contributed by atoms with Crippen molar-refractivity contribution < 1.29 is 4.74 Å². The standard InChI is InChI=1S/C22H26N4O2/c1-2-21-24-20-16-23-11-10-19(20)22(27)26(21)17-6-8-18(9-7-17)28-15-5-14-25-12-3-4-13-25/h6-11,16H,2-5,12-15H2,1H3. The molecule has 0 radical (unpaired) electrons. The van der Waals surface area contributed by atoms with Crippen LogP contribution in [0.25, 0.3) is 16.6 Å². The highest BCUT2D eigenvalue weighted by molar-refractivity contribution is 5.76. The van der Waals surface area contributed by atoms with E-state index in [0.717, 1.165) is 30.2 Å². The molecule has 6 heteroatoms. The minimum Gasteiger partial charge on any atom is -0.494 e. The summed E-state index contributed by atoms with van der Waals surface area (Å²) in [6.07, 6.45) is 7.60. The van der Waals surface area contributed by atoms with Crippen molar-refractivity contribution >= 4 is 10.9 Å². The van der Waals surface area contributed by atoms with Crippen molar-refractivity contribution in [1.29, 1.82) is 0 Å². The number of hydrogen-bond acceptors (Lipinski definition) is 5. The molecule has 2 aromatic heterocycles. The van der Waals surface area contributed by atoms with Crippen LogP contribution in [-0.2, 0) is 6.42 Å². The Balaban J connectivity index is 1.49. The zero-order chi connectivity index (χ0) is 19.3. The summed E-state index contributed by atoms with van der Waals surface area (Å²) in [7, 11) is 0. The summed E-state index contributed by atoms with van der Waals surface area (Å²) in [5.41, 5.74) is 1.37. The fourth-order valence-electron chi connectivity index (χ4n) is 3.76. The maximum absolute atomic E-state index is 13.0. The second-order valence-electron chi connectivity index (χ2n) is 7.16. The Hall–Kier alpha value is -2.73. The first-order chi connectivity index (χ1) is 13.8. The second kappa shape index (κ2) is 8.52. The van der Waals surface area contributed by atoms with E-state index in [0.29, 0.717) is 23.9 Å². The first kappa shape index (κ1) is 18.6. The second-order valence-corrected chi connectivity index (χ2v) is 7.16. The van der Waals surface area contributed by atoms with Gasteiger partial charge in [0, 0.05) is 19.2 Å². The van der Waals surface area contributed by atoms with Crippen LogP contribution in [-0.4, -0.2) is 45.7 Å².